The minimum Gasteiger partial charge on any atom is -0.388 e. The second-order valence-corrected chi connectivity index (χ2v) is 2.92. The standard InChI is InChI=1S/C9H11ClO.ClH/c1-2-9(11)7-4-3-5-8(10)6-7;/h3-6,9,11H,2H2,1H3;1H. The van der Waals surface area contributed by atoms with E-state index in [2.05, 4.69) is 0 Å². The van der Waals surface area contributed by atoms with Gasteiger partial charge in [-0.25, -0.2) is 0 Å². The molecule has 0 aromatic heterocycles. The van der Waals surface area contributed by atoms with Crippen molar-refractivity contribution >= 4 is 24.0 Å². The van der Waals surface area contributed by atoms with Gasteiger partial charge in [0, 0.05) is 5.02 Å². The number of rotatable bonds is 2. The molecule has 1 N–H and O–H groups in total. The Morgan fingerprint density at radius 3 is 2.67 bits per heavy atom. The summed E-state index contributed by atoms with van der Waals surface area (Å²) in [6, 6.07) is 7.31. The number of halogens is 2. The number of hydrogen-bond donors (Lipinski definition) is 1. The highest BCUT2D eigenvalue weighted by molar-refractivity contribution is 6.30. The van der Waals surface area contributed by atoms with Crippen LogP contribution in [0.3, 0.4) is 0 Å². The SMILES string of the molecule is CCC(O)c1cccc(Cl)c1.Cl. The van der Waals surface area contributed by atoms with Gasteiger partial charge in [-0.3, -0.25) is 0 Å². The summed E-state index contributed by atoms with van der Waals surface area (Å²) in [6.45, 7) is 1.94. The fourth-order valence-electron chi connectivity index (χ4n) is 0.950. The molecule has 0 saturated carbocycles. The van der Waals surface area contributed by atoms with Gasteiger partial charge in [-0.15, -0.1) is 12.4 Å². The molecular formula is C9H12Cl2O. The molecular weight excluding hydrogens is 195 g/mol. The van der Waals surface area contributed by atoms with Crippen molar-refractivity contribution in [3.05, 3.63) is 34.9 Å². The summed E-state index contributed by atoms with van der Waals surface area (Å²) in [7, 11) is 0. The van der Waals surface area contributed by atoms with E-state index in [9.17, 15) is 5.11 Å². The summed E-state index contributed by atoms with van der Waals surface area (Å²) in [6.07, 6.45) is 0.342. The molecule has 1 aromatic carbocycles. The van der Waals surface area contributed by atoms with E-state index in [1.807, 2.05) is 19.1 Å². The lowest BCUT2D eigenvalue weighted by Crippen LogP contribution is -1.93. The van der Waals surface area contributed by atoms with E-state index in [0.29, 0.717) is 5.02 Å². The maximum atomic E-state index is 9.40. The molecule has 0 amide bonds. The zero-order valence-corrected chi connectivity index (χ0v) is 8.40. The van der Waals surface area contributed by atoms with Crippen LogP contribution < -0.4 is 0 Å². The Labute approximate surface area is 83.8 Å². The van der Waals surface area contributed by atoms with Crippen molar-refractivity contribution in [3.63, 3.8) is 0 Å². The van der Waals surface area contributed by atoms with Crippen molar-refractivity contribution in [3.8, 4) is 0 Å². The molecule has 68 valence electrons. The third kappa shape index (κ3) is 3.02. The lowest BCUT2D eigenvalue weighted by Gasteiger charge is -2.06. The van der Waals surface area contributed by atoms with Crippen molar-refractivity contribution in [2.75, 3.05) is 0 Å². The van der Waals surface area contributed by atoms with Gasteiger partial charge >= 0.3 is 0 Å². The minimum atomic E-state index is -0.381. The first-order valence-corrected chi connectivity index (χ1v) is 4.05. The maximum absolute atomic E-state index is 9.40. The second kappa shape index (κ2) is 5.41. The highest BCUT2D eigenvalue weighted by atomic mass is 35.5. The van der Waals surface area contributed by atoms with Crippen molar-refractivity contribution in [1.82, 2.24) is 0 Å². The summed E-state index contributed by atoms with van der Waals surface area (Å²) < 4.78 is 0. The largest absolute Gasteiger partial charge is 0.388 e. The van der Waals surface area contributed by atoms with Gasteiger partial charge in [0.25, 0.3) is 0 Å². The summed E-state index contributed by atoms with van der Waals surface area (Å²) in [5, 5.41) is 10.1. The predicted octanol–water partition coefficient (Wildman–Crippen LogP) is 3.21. The Bertz CT molecular complexity index is 238. The zero-order valence-electron chi connectivity index (χ0n) is 6.83. The average molecular weight is 207 g/mol. The van der Waals surface area contributed by atoms with Crippen LogP contribution in [0.1, 0.15) is 25.0 Å². The van der Waals surface area contributed by atoms with Crippen molar-refractivity contribution in [1.29, 1.82) is 0 Å². The first-order chi connectivity index (χ1) is 5.24. The zero-order chi connectivity index (χ0) is 8.27. The normalized spacial score (nSPS) is 11.9. The second-order valence-electron chi connectivity index (χ2n) is 2.48. The van der Waals surface area contributed by atoms with Crippen LogP contribution in [0.25, 0.3) is 0 Å². The highest BCUT2D eigenvalue weighted by Crippen LogP contribution is 2.19. The van der Waals surface area contributed by atoms with E-state index in [-0.39, 0.29) is 18.5 Å². The highest BCUT2D eigenvalue weighted by Gasteiger charge is 2.03. The molecule has 0 aliphatic heterocycles. The number of benzene rings is 1. The van der Waals surface area contributed by atoms with Crippen molar-refractivity contribution in [2.45, 2.75) is 19.4 Å². The number of aliphatic hydroxyl groups excluding tert-OH is 1. The summed E-state index contributed by atoms with van der Waals surface area (Å²) in [4.78, 5) is 0. The van der Waals surface area contributed by atoms with Gasteiger partial charge in [-0.2, -0.15) is 0 Å². The molecule has 12 heavy (non-hydrogen) atoms. The summed E-state index contributed by atoms with van der Waals surface area (Å²) >= 11 is 5.73. The molecule has 0 aliphatic carbocycles. The maximum Gasteiger partial charge on any atom is 0.0787 e. The van der Waals surface area contributed by atoms with Gasteiger partial charge in [-0.05, 0) is 24.1 Å². The van der Waals surface area contributed by atoms with Crippen LogP contribution in [0, 0.1) is 0 Å². The van der Waals surface area contributed by atoms with Gasteiger partial charge < -0.3 is 5.11 Å². The molecule has 3 heteroatoms. The lowest BCUT2D eigenvalue weighted by molar-refractivity contribution is 0.173. The fourth-order valence-corrected chi connectivity index (χ4v) is 1.15. The topological polar surface area (TPSA) is 20.2 Å². The quantitative estimate of drug-likeness (QED) is 0.789. The van der Waals surface area contributed by atoms with Crippen LogP contribution in [0.15, 0.2) is 24.3 Å². The minimum absolute atomic E-state index is 0. The Balaban J connectivity index is 0.00000121. The molecule has 1 rings (SSSR count). The number of hydrogen-bond acceptors (Lipinski definition) is 1. The third-order valence-electron chi connectivity index (χ3n) is 1.62. The van der Waals surface area contributed by atoms with Gasteiger partial charge in [0.2, 0.25) is 0 Å². The molecule has 0 aliphatic rings. The van der Waals surface area contributed by atoms with E-state index in [1.54, 1.807) is 12.1 Å². The monoisotopic (exact) mass is 206 g/mol. The molecule has 1 unspecified atom stereocenters. The molecule has 0 spiro atoms. The van der Waals surface area contributed by atoms with E-state index in [0.717, 1.165) is 12.0 Å². The van der Waals surface area contributed by atoms with E-state index in [1.165, 1.54) is 0 Å². The molecule has 0 radical (unpaired) electrons. The van der Waals surface area contributed by atoms with Gasteiger partial charge in [-0.1, -0.05) is 30.7 Å². The van der Waals surface area contributed by atoms with Crippen molar-refractivity contribution < 1.29 is 5.11 Å². The molecule has 0 bridgehead atoms. The first kappa shape index (κ1) is 11.8. The Kier molecular flexibility index (Phi) is 5.31. The van der Waals surface area contributed by atoms with Gasteiger partial charge in [0.05, 0.1) is 6.10 Å². The lowest BCUT2D eigenvalue weighted by atomic mass is 10.1. The molecule has 1 atom stereocenters. The van der Waals surface area contributed by atoms with Gasteiger partial charge in [0.15, 0.2) is 0 Å². The van der Waals surface area contributed by atoms with E-state index >= 15 is 0 Å². The number of aliphatic hydroxyl groups is 1. The molecule has 1 nitrogen and oxygen atoms in total. The molecule has 0 heterocycles. The predicted molar refractivity (Wildman–Crippen MR) is 54.0 cm³/mol. The Morgan fingerprint density at radius 2 is 2.17 bits per heavy atom. The smallest absolute Gasteiger partial charge is 0.0787 e. The fraction of sp³-hybridized carbons (Fsp3) is 0.333. The first-order valence-electron chi connectivity index (χ1n) is 3.67. The van der Waals surface area contributed by atoms with Crippen molar-refractivity contribution in [2.24, 2.45) is 0 Å². The molecule has 1 aromatic rings. The van der Waals surface area contributed by atoms with Crippen LogP contribution >= 0.6 is 24.0 Å². The van der Waals surface area contributed by atoms with E-state index < -0.39 is 0 Å². The van der Waals surface area contributed by atoms with Gasteiger partial charge in [0.1, 0.15) is 0 Å². The summed E-state index contributed by atoms with van der Waals surface area (Å²) in [5.41, 5.74) is 0.889. The van der Waals surface area contributed by atoms with Crippen LogP contribution in [0.5, 0.6) is 0 Å². The van der Waals surface area contributed by atoms with Crippen LogP contribution in [-0.4, -0.2) is 5.11 Å². The van der Waals surface area contributed by atoms with Crippen LogP contribution in [-0.2, 0) is 0 Å². The summed E-state index contributed by atoms with van der Waals surface area (Å²) in [5.74, 6) is 0. The van der Waals surface area contributed by atoms with E-state index in [4.69, 9.17) is 11.6 Å². The average Bonchev–Trinajstić information content (AvgIpc) is 2.03. The van der Waals surface area contributed by atoms with Crippen LogP contribution in [0.2, 0.25) is 5.02 Å². The Morgan fingerprint density at radius 1 is 1.50 bits per heavy atom. The van der Waals surface area contributed by atoms with Crippen LogP contribution in [0.4, 0.5) is 0 Å². The third-order valence-corrected chi connectivity index (χ3v) is 1.86. The molecule has 0 saturated heterocycles. The Hall–Kier alpha value is -0.240. The molecule has 0 fully saturated rings.